The first-order valence-electron chi connectivity index (χ1n) is 6.52. The highest BCUT2D eigenvalue weighted by Gasteiger charge is 2.36. The van der Waals surface area contributed by atoms with Gasteiger partial charge in [-0.25, -0.2) is 0 Å². The van der Waals surface area contributed by atoms with Crippen molar-refractivity contribution in [1.29, 1.82) is 0 Å². The van der Waals surface area contributed by atoms with E-state index in [-0.39, 0.29) is 12.1 Å². The predicted molar refractivity (Wildman–Crippen MR) is 73.2 cm³/mol. The van der Waals surface area contributed by atoms with Crippen LogP contribution in [-0.2, 0) is 6.54 Å². The van der Waals surface area contributed by atoms with Crippen molar-refractivity contribution < 1.29 is 5.11 Å². The van der Waals surface area contributed by atoms with E-state index in [9.17, 15) is 5.11 Å². The van der Waals surface area contributed by atoms with E-state index in [2.05, 4.69) is 36.7 Å². The van der Waals surface area contributed by atoms with Crippen LogP contribution in [0.3, 0.4) is 0 Å². The third kappa shape index (κ3) is 3.30. The van der Waals surface area contributed by atoms with Crippen molar-refractivity contribution in [1.82, 2.24) is 5.32 Å². The molecule has 0 aromatic carbocycles. The van der Waals surface area contributed by atoms with Gasteiger partial charge in [-0.3, -0.25) is 0 Å². The van der Waals surface area contributed by atoms with Crippen LogP contribution in [0.4, 0.5) is 0 Å². The first-order chi connectivity index (χ1) is 8.13. The lowest BCUT2D eigenvalue weighted by Crippen LogP contribution is -2.52. The molecule has 0 radical (unpaired) electrons. The van der Waals surface area contributed by atoms with Gasteiger partial charge >= 0.3 is 0 Å². The van der Waals surface area contributed by atoms with Gasteiger partial charge in [-0.1, -0.05) is 19.9 Å². The zero-order valence-corrected chi connectivity index (χ0v) is 11.6. The van der Waals surface area contributed by atoms with Crippen LogP contribution >= 0.6 is 11.3 Å². The lowest BCUT2D eigenvalue weighted by atomic mass is 9.72. The van der Waals surface area contributed by atoms with E-state index in [1.807, 2.05) is 0 Å². The molecule has 1 aromatic rings. The fourth-order valence-electron chi connectivity index (χ4n) is 3.29. The maximum atomic E-state index is 9.75. The smallest absolute Gasteiger partial charge is 0.0613 e. The van der Waals surface area contributed by atoms with Gasteiger partial charge in [-0.2, -0.15) is 0 Å². The van der Waals surface area contributed by atoms with Crippen molar-refractivity contribution in [3.05, 3.63) is 22.4 Å². The van der Waals surface area contributed by atoms with Crippen LogP contribution in [0.25, 0.3) is 0 Å². The number of hydrogen-bond donors (Lipinski definition) is 2. The number of nitrogens with one attached hydrogen (secondary N) is 1. The van der Waals surface area contributed by atoms with Crippen molar-refractivity contribution >= 4 is 11.3 Å². The molecule has 1 fully saturated rings. The number of rotatable bonds is 4. The van der Waals surface area contributed by atoms with Crippen molar-refractivity contribution in [2.24, 2.45) is 11.8 Å². The first kappa shape index (κ1) is 13.1. The van der Waals surface area contributed by atoms with Crippen LogP contribution in [0, 0.1) is 11.8 Å². The molecule has 17 heavy (non-hydrogen) atoms. The average molecular weight is 253 g/mol. The molecule has 0 bridgehead atoms. The van der Waals surface area contributed by atoms with Crippen LogP contribution in [0.15, 0.2) is 17.5 Å². The van der Waals surface area contributed by atoms with E-state index in [1.165, 1.54) is 11.3 Å². The highest BCUT2D eigenvalue weighted by atomic mass is 32.1. The minimum atomic E-state index is -0.0545. The van der Waals surface area contributed by atoms with Gasteiger partial charge in [-0.15, -0.1) is 11.3 Å². The maximum Gasteiger partial charge on any atom is 0.0613 e. The second kappa shape index (κ2) is 5.51. The highest BCUT2D eigenvalue weighted by molar-refractivity contribution is 7.09. The van der Waals surface area contributed by atoms with Crippen LogP contribution in [0.5, 0.6) is 0 Å². The minimum Gasteiger partial charge on any atom is -0.394 e. The van der Waals surface area contributed by atoms with Crippen LogP contribution in [-0.4, -0.2) is 17.3 Å². The molecule has 0 spiro atoms. The monoisotopic (exact) mass is 253 g/mol. The number of aliphatic hydroxyl groups excluding tert-OH is 1. The largest absolute Gasteiger partial charge is 0.394 e. The second-order valence-electron chi connectivity index (χ2n) is 5.73. The Morgan fingerprint density at radius 1 is 1.41 bits per heavy atom. The van der Waals surface area contributed by atoms with E-state index < -0.39 is 0 Å². The standard InChI is InChI=1S/C14H23NOS/c1-11-6-12(2)8-14(7-11,10-16)15-9-13-4-3-5-17-13/h3-5,11-12,15-16H,6-10H2,1-2H3. The summed E-state index contributed by atoms with van der Waals surface area (Å²) in [4.78, 5) is 1.35. The van der Waals surface area contributed by atoms with Gasteiger partial charge in [-0.05, 0) is 42.5 Å². The predicted octanol–water partition coefficient (Wildman–Crippen LogP) is 3.02. The van der Waals surface area contributed by atoms with Gasteiger partial charge in [0, 0.05) is 17.0 Å². The minimum absolute atomic E-state index is 0.0545. The SMILES string of the molecule is CC1CC(C)CC(CO)(NCc2cccs2)C1. The lowest BCUT2D eigenvalue weighted by molar-refractivity contribution is 0.0746. The van der Waals surface area contributed by atoms with Gasteiger partial charge in [0.1, 0.15) is 0 Å². The number of hydrogen-bond acceptors (Lipinski definition) is 3. The molecule has 96 valence electrons. The Labute approximate surface area is 108 Å². The Balaban J connectivity index is 1.98. The zero-order chi connectivity index (χ0) is 12.3. The normalized spacial score (nSPS) is 33.8. The second-order valence-corrected chi connectivity index (χ2v) is 6.76. The molecule has 0 aliphatic heterocycles. The lowest BCUT2D eigenvalue weighted by Gasteiger charge is -2.42. The average Bonchev–Trinajstić information content (AvgIpc) is 2.78. The van der Waals surface area contributed by atoms with Crippen molar-refractivity contribution in [3.8, 4) is 0 Å². The number of thiophene rings is 1. The molecule has 2 rings (SSSR count). The summed E-state index contributed by atoms with van der Waals surface area (Å²) in [6, 6.07) is 4.23. The summed E-state index contributed by atoms with van der Waals surface area (Å²) in [5.74, 6) is 1.42. The van der Waals surface area contributed by atoms with E-state index in [0.717, 1.165) is 19.4 Å². The molecule has 1 aliphatic carbocycles. The van der Waals surface area contributed by atoms with Gasteiger partial charge < -0.3 is 10.4 Å². The Bertz CT molecular complexity index is 326. The van der Waals surface area contributed by atoms with Crippen molar-refractivity contribution in [2.45, 2.75) is 45.2 Å². The van der Waals surface area contributed by atoms with Crippen molar-refractivity contribution in [2.75, 3.05) is 6.61 Å². The van der Waals surface area contributed by atoms with E-state index >= 15 is 0 Å². The molecule has 1 saturated carbocycles. The van der Waals surface area contributed by atoms with Crippen LogP contribution < -0.4 is 5.32 Å². The molecule has 3 heteroatoms. The summed E-state index contributed by atoms with van der Waals surface area (Å²) in [5.41, 5.74) is -0.0545. The first-order valence-corrected chi connectivity index (χ1v) is 7.40. The summed E-state index contributed by atoms with van der Waals surface area (Å²) in [6.07, 6.45) is 3.49. The maximum absolute atomic E-state index is 9.75. The third-order valence-corrected chi connectivity index (χ3v) is 4.68. The van der Waals surface area contributed by atoms with E-state index in [1.54, 1.807) is 11.3 Å². The fourth-order valence-corrected chi connectivity index (χ4v) is 3.93. The molecule has 1 aliphatic rings. The van der Waals surface area contributed by atoms with Crippen LogP contribution in [0.1, 0.15) is 38.0 Å². The molecule has 2 atom stereocenters. The Hall–Kier alpha value is -0.380. The van der Waals surface area contributed by atoms with Gasteiger partial charge in [0.2, 0.25) is 0 Å². The quantitative estimate of drug-likeness (QED) is 0.864. The summed E-state index contributed by atoms with van der Waals surface area (Å²) >= 11 is 1.78. The van der Waals surface area contributed by atoms with E-state index in [0.29, 0.717) is 11.8 Å². The molecule has 2 unspecified atom stereocenters. The number of aliphatic hydroxyl groups is 1. The Morgan fingerprint density at radius 3 is 2.65 bits per heavy atom. The molecule has 0 amide bonds. The highest BCUT2D eigenvalue weighted by Crippen LogP contribution is 2.36. The molecular formula is C14H23NOS. The Kier molecular flexibility index (Phi) is 4.23. The topological polar surface area (TPSA) is 32.3 Å². The summed E-state index contributed by atoms with van der Waals surface area (Å²) < 4.78 is 0. The van der Waals surface area contributed by atoms with E-state index in [4.69, 9.17) is 0 Å². The van der Waals surface area contributed by atoms with Gasteiger partial charge in [0.25, 0.3) is 0 Å². The van der Waals surface area contributed by atoms with Gasteiger partial charge in [0.05, 0.1) is 6.61 Å². The molecule has 2 nitrogen and oxygen atoms in total. The fraction of sp³-hybridized carbons (Fsp3) is 0.714. The summed E-state index contributed by atoms with van der Waals surface area (Å²) in [6.45, 7) is 5.74. The summed E-state index contributed by atoms with van der Waals surface area (Å²) in [7, 11) is 0. The molecule has 1 heterocycles. The molecular weight excluding hydrogens is 230 g/mol. The summed E-state index contributed by atoms with van der Waals surface area (Å²) in [5, 5.41) is 15.5. The molecule has 1 aromatic heterocycles. The third-order valence-electron chi connectivity index (χ3n) is 3.80. The van der Waals surface area contributed by atoms with Crippen molar-refractivity contribution in [3.63, 3.8) is 0 Å². The molecule has 0 saturated heterocycles. The van der Waals surface area contributed by atoms with Crippen LogP contribution in [0.2, 0.25) is 0 Å². The molecule has 2 N–H and O–H groups in total. The Morgan fingerprint density at radius 2 is 2.12 bits per heavy atom. The zero-order valence-electron chi connectivity index (χ0n) is 10.8. The van der Waals surface area contributed by atoms with Gasteiger partial charge in [0.15, 0.2) is 0 Å².